The molecule has 0 spiro atoms. The molecule has 0 saturated carbocycles. The minimum Gasteiger partial charge on any atom is -0.493 e. The van der Waals surface area contributed by atoms with Crippen LogP contribution < -0.4 is 14.8 Å². The Kier molecular flexibility index (Phi) is 6.38. The van der Waals surface area contributed by atoms with Gasteiger partial charge in [0.15, 0.2) is 18.1 Å². The summed E-state index contributed by atoms with van der Waals surface area (Å²) < 4.78 is 23.5. The summed E-state index contributed by atoms with van der Waals surface area (Å²) in [6, 6.07) is 10.8. The first kappa shape index (κ1) is 18.3. The van der Waals surface area contributed by atoms with Crippen LogP contribution in [-0.4, -0.2) is 19.6 Å². The number of hydrogen-bond acceptors (Lipinski definition) is 4. The minimum atomic E-state index is -0.555. The molecule has 0 aromatic heterocycles. The average Bonchev–Trinajstić information content (AvgIpc) is 2.61. The summed E-state index contributed by atoms with van der Waals surface area (Å²) in [6.45, 7) is -0.0891. The Labute approximate surface area is 149 Å². The van der Waals surface area contributed by atoms with Crippen LogP contribution in [0.5, 0.6) is 11.5 Å². The summed E-state index contributed by atoms with van der Waals surface area (Å²) in [6.07, 6.45) is 2.90. The standard InChI is InChI=1S/C18H14ClFN2O3/c1-24-17-10-12(2-6-16(17)25-9-8-21)3-7-18(23)22-13-4-5-15(20)14(19)11-13/h2-7,10-11H,9H2,1H3,(H,22,23). The maximum atomic E-state index is 13.1. The van der Waals surface area contributed by atoms with Crippen molar-refractivity contribution in [1.29, 1.82) is 5.26 Å². The van der Waals surface area contributed by atoms with Crippen molar-refractivity contribution >= 4 is 29.3 Å². The van der Waals surface area contributed by atoms with Crippen molar-refractivity contribution in [2.45, 2.75) is 0 Å². The Morgan fingerprint density at radius 1 is 1.32 bits per heavy atom. The summed E-state index contributed by atoms with van der Waals surface area (Å²) in [7, 11) is 1.48. The third-order valence-corrected chi connectivity index (χ3v) is 3.38. The fourth-order valence-corrected chi connectivity index (χ4v) is 2.13. The van der Waals surface area contributed by atoms with E-state index in [0.29, 0.717) is 22.7 Å². The van der Waals surface area contributed by atoms with Crippen molar-refractivity contribution in [3.8, 4) is 17.6 Å². The van der Waals surface area contributed by atoms with Gasteiger partial charge in [-0.1, -0.05) is 17.7 Å². The summed E-state index contributed by atoms with van der Waals surface area (Å²) in [5, 5.41) is 11.1. The van der Waals surface area contributed by atoms with Gasteiger partial charge in [0.1, 0.15) is 11.9 Å². The van der Waals surface area contributed by atoms with E-state index in [2.05, 4.69) is 5.32 Å². The lowest BCUT2D eigenvalue weighted by Crippen LogP contribution is -2.07. The van der Waals surface area contributed by atoms with E-state index in [1.165, 1.54) is 31.4 Å². The van der Waals surface area contributed by atoms with Gasteiger partial charge in [0, 0.05) is 11.8 Å². The highest BCUT2D eigenvalue weighted by Crippen LogP contribution is 2.28. The third-order valence-electron chi connectivity index (χ3n) is 3.09. The molecule has 0 fully saturated rings. The zero-order chi connectivity index (χ0) is 18.2. The predicted molar refractivity (Wildman–Crippen MR) is 93.2 cm³/mol. The highest BCUT2D eigenvalue weighted by Gasteiger charge is 2.06. The SMILES string of the molecule is COc1cc(C=CC(=O)Nc2ccc(F)c(Cl)c2)ccc1OCC#N. The molecule has 0 radical (unpaired) electrons. The van der Waals surface area contributed by atoms with Gasteiger partial charge >= 0.3 is 0 Å². The van der Waals surface area contributed by atoms with E-state index in [9.17, 15) is 9.18 Å². The number of hydrogen-bond donors (Lipinski definition) is 1. The molecule has 25 heavy (non-hydrogen) atoms. The number of anilines is 1. The fraction of sp³-hybridized carbons (Fsp3) is 0.111. The number of benzene rings is 2. The molecule has 1 amide bonds. The van der Waals surface area contributed by atoms with E-state index >= 15 is 0 Å². The van der Waals surface area contributed by atoms with Crippen molar-refractivity contribution in [3.05, 3.63) is 58.9 Å². The second-order valence-electron chi connectivity index (χ2n) is 4.81. The van der Waals surface area contributed by atoms with Crippen LogP contribution in [0.1, 0.15) is 5.56 Å². The number of nitrogens with zero attached hydrogens (tertiary/aromatic N) is 1. The van der Waals surface area contributed by atoms with Gasteiger partial charge in [-0.25, -0.2) is 4.39 Å². The molecule has 7 heteroatoms. The smallest absolute Gasteiger partial charge is 0.248 e. The maximum Gasteiger partial charge on any atom is 0.248 e. The van der Waals surface area contributed by atoms with Gasteiger partial charge < -0.3 is 14.8 Å². The predicted octanol–water partition coefficient (Wildman–Crippen LogP) is 4.04. The first-order valence-electron chi connectivity index (χ1n) is 7.15. The van der Waals surface area contributed by atoms with Gasteiger partial charge in [-0.2, -0.15) is 5.26 Å². The van der Waals surface area contributed by atoms with Crippen molar-refractivity contribution in [3.63, 3.8) is 0 Å². The number of amides is 1. The fourth-order valence-electron chi connectivity index (χ4n) is 1.95. The number of nitrogens with one attached hydrogen (secondary N) is 1. The Hall–Kier alpha value is -3.04. The number of halogens is 2. The lowest BCUT2D eigenvalue weighted by atomic mass is 10.2. The Balaban J connectivity index is 2.06. The normalized spacial score (nSPS) is 10.3. The highest BCUT2D eigenvalue weighted by molar-refractivity contribution is 6.31. The lowest BCUT2D eigenvalue weighted by Gasteiger charge is -2.08. The zero-order valence-corrected chi connectivity index (χ0v) is 14.0. The van der Waals surface area contributed by atoms with E-state index < -0.39 is 11.7 Å². The Bertz CT molecular complexity index is 847. The van der Waals surface area contributed by atoms with Crippen LogP contribution in [0.2, 0.25) is 5.02 Å². The summed E-state index contributed by atoms with van der Waals surface area (Å²) in [5.41, 5.74) is 1.09. The number of ether oxygens (including phenoxy) is 2. The lowest BCUT2D eigenvalue weighted by molar-refractivity contribution is -0.111. The summed E-state index contributed by atoms with van der Waals surface area (Å²) in [4.78, 5) is 11.9. The van der Waals surface area contributed by atoms with Gasteiger partial charge in [-0.15, -0.1) is 0 Å². The first-order chi connectivity index (χ1) is 12.0. The topological polar surface area (TPSA) is 71.3 Å². The Morgan fingerprint density at radius 3 is 2.80 bits per heavy atom. The molecule has 128 valence electrons. The van der Waals surface area contributed by atoms with Crippen LogP contribution in [0.3, 0.4) is 0 Å². The molecule has 5 nitrogen and oxygen atoms in total. The van der Waals surface area contributed by atoms with Gasteiger partial charge in [0.2, 0.25) is 5.91 Å². The second-order valence-corrected chi connectivity index (χ2v) is 5.22. The molecule has 0 aliphatic rings. The minimum absolute atomic E-state index is 0.0699. The van der Waals surface area contributed by atoms with Crippen LogP contribution in [-0.2, 0) is 4.79 Å². The molecule has 0 unspecified atom stereocenters. The Morgan fingerprint density at radius 2 is 2.12 bits per heavy atom. The molecule has 1 N–H and O–H groups in total. The molecular formula is C18H14ClFN2O3. The molecule has 0 aliphatic carbocycles. The van der Waals surface area contributed by atoms with Gasteiger partial charge in [-0.3, -0.25) is 4.79 Å². The van der Waals surface area contributed by atoms with E-state index in [-0.39, 0.29) is 11.6 Å². The molecule has 0 saturated heterocycles. The van der Waals surface area contributed by atoms with Crippen molar-refractivity contribution in [2.75, 3.05) is 19.0 Å². The molecular weight excluding hydrogens is 347 g/mol. The van der Waals surface area contributed by atoms with E-state index in [0.717, 1.165) is 0 Å². The van der Waals surface area contributed by atoms with E-state index in [1.807, 2.05) is 6.07 Å². The third kappa shape index (κ3) is 5.23. The largest absolute Gasteiger partial charge is 0.493 e. The molecule has 0 heterocycles. The van der Waals surface area contributed by atoms with Crippen molar-refractivity contribution < 1.29 is 18.7 Å². The number of carbonyl (C=O) groups excluding carboxylic acids is 1. The number of methoxy groups -OCH3 is 1. The summed E-state index contributed by atoms with van der Waals surface area (Å²) in [5.74, 6) is -0.0674. The number of nitriles is 1. The monoisotopic (exact) mass is 360 g/mol. The van der Waals surface area contributed by atoms with Crippen LogP contribution >= 0.6 is 11.6 Å². The maximum absolute atomic E-state index is 13.1. The molecule has 0 atom stereocenters. The van der Waals surface area contributed by atoms with E-state index in [4.69, 9.17) is 26.3 Å². The average molecular weight is 361 g/mol. The first-order valence-corrected chi connectivity index (χ1v) is 7.53. The van der Waals surface area contributed by atoms with Gasteiger partial charge in [-0.05, 0) is 42.0 Å². The molecule has 2 rings (SSSR count). The van der Waals surface area contributed by atoms with Crippen molar-refractivity contribution in [2.24, 2.45) is 0 Å². The van der Waals surface area contributed by atoms with Gasteiger partial charge in [0.25, 0.3) is 0 Å². The molecule has 0 bridgehead atoms. The number of carbonyl (C=O) groups is 1. The van der Waals surface area contributed by atoms with Crippen LogP contribution in [0, 0.1) is 17.1 Å². The zero-order valence-electron chi connectivity index (χ0n) is 13.3. The van der Waals surface area contributed by atoms with Gasteiger partial charge in [0.05, 0.1) is 12.1 Å². The number of rotatable bonds is 6. The molecule has 2 aromatic rings. The van der Waals surface area contributed by atoms with Crippen molar-refractivity contribution in [1.82, 2.24) is 0 Å². The summed E-state index contributed by atoms with van der Waals surface area (Å²) >= 11 is 5.66. The molecule has 0 aliphatic heterocycles. The highest BCUT2D eigenvalue weighted by atomic mass is 35.5. The van der Waals surface area contributed by atoms with E-state index in [1.54, 1.807) is 24.3 Å². The quantitative estimate of drug-likeness (QED) is 0.789. The van der Waals surface area contributed by atoms with Crippen LogP contribution in [0.4, 0.5) is 10.1 Å². The van der Waals surface area contributed by atoms with Crippen LogP contribution in [0.15, 0.2) is 42.5 Å². The van der Waals surface area contributed by atoms with Crippen LogP contribution in [0.25, 0.3) is 6.08 Å². The molecule has 2 aromatic carbocycles. The second kappa shape index (κ2) is 8.71.